The van der Waals surface area contributed by atoms with Crippen molar-refractivity contribution in [2.75, 3.05) is 5.32 Å². The van der Waals surface area contributed by atoms with Crippen molar-refractivity contribution in [1.29, 1.82) is 0 Å². The van der Waals surface area contributed by atoms with E-state index < -0.39 is 0 Å². The molecular formula is C11H16N2S. The van der Waals surface area contributed by atoms with Crippen LogP contribution in [0.25, 0.3) is 0 Å². The molecule has 0 unspecified atom stereocenters. The normalized spacial score (nSPS) is 12.3. The molecule has 0 spiro atoms. The van der Waals surface area contributed by atoms with E-state index in [0.29, 0.717) is 4.99 Å². The first-order valence-corrected chi connectivity index (χ1v) is 5.06. The van der Waals surface area contributed by atoms with E-state index in [1.165, 1.54) is 11.1 Å². The summed E-state index contributed by atoms with van der Waals surface area (Å²) in [7, 11) is 0. The molecule has 0 saturated heterocycles. The molecule has 1 aromatic rings. The van der Waals surface area contributed by atoms with Crippen molar-refractivity contribution in [2.24, 2.45) is 5.73 Å². The van der Waals surface area contributed by atoms with Gasteiger partial charge in [-0.05, 0) is 31.9 Å². The topological polar surface area (TPSA) is 38.0 Å². The first-order valence-electron chi connectivity index (χ1n) is 4.65. The van der Waals surface area contributed by atoms with Gasteiger partial charge in [0, 0.05) is 5.69 Å². The summed E-state index contributed by atoms with van der Waals surface area (Å²) in [5.74, 6) is 0. The molecule has 0 heterocycles. The average molecular weight is 208 g/mol. The third-order valence-electron chi connectivity index (χ3n) is 2.14. The summed E-state index contributed by atoms with van der Waals surface area (Å²) in [6.45, 7) is 5.99. The van der Waals surface area contributed by atoms with Gasteiger partial charge in [-0.3, -0.25) is 0 Å². The summed E-state index contributed by atoms with van der Waals surface area (Å²) in [5, 5.41) is 3.18. The van der Waals surface area contributed by atoms with Crippen LogP contribution < -0.4 is 11.1 Å². The molecule has 0 aliphatic rings. The second kappa shape index (κ2) is 4.53. The minimum absolute atomic E-state index is 0.107. The number of nitrogens with two attached hydrogens (primary N) is 1. The smallest absolute Gasteiger partial charge is 0.0964 e. The zero-order valence-corrected chi connectivity index (χ0v) is 9.61. The molecular weight excluding hydrogens is 192 g/mol. The Morgan fingerprint density at radius 3 is 2.29 bits per heavy atom. The van der Waals surface area contributed by atoms with Crippen molar-refractivity contribution in [1.82, 2.24) is 0 Å². The highest BCUT2D eigenvalue weighted by atomic mass is 32.1. The Morgan fingerprint density at radius 1 is 1.36 bits per heavy atom. The first-order chi connectivity index (χ1) is 6.52. The fraction of sp³-hybridized carbons (Fsp3) is 0.364. The van der Waals surface area contributed by atoms with Gasteiger partial charge >= 0.3 is 0 Å². The van der Waals surface area contributed by atoms with Gasteiger partial charge in [-0.15, -0.1) is 0 Å². The lowest BCUT2D eigenvalue weighted by molar-refractivity contribution is 0.987. The lowest BCUT2D eigenvalue weighted by Crippen LogP contribution is -2.31. The maximum atomic E-state index is 5.68. The predicted molar refractivity (Wildman–Crippen MR) is 65.8 cm³/mol. The quantitative estimate of drug-likeness (QED) is 0.733. The number of hydrogen-bond acceptors (Lipinski definition) is 2. The monoisotopic (exact) mass is 208 g/mol. The number of benzene rings is 1. The van der Waals surface area contributed by atoms with Crippen LogP contribution in [0.1, 0.15) is 18.1 Å². The SMILES string of the molecule is Cc1cccc(C)c1NC(=S)[C@@H](C)N. The minimum atomic E-state index is -0.107. The third-order valence-corrected chi connectivity index (χ3v) is 2.62. The Kier molecular flexibility index (Phi) is 3.61. The Morgan fingerprint density at radius 2 is 1.86 bits per heavy atom. The molecule has 0 radical (unpaired) electrons. The van der Waals surface area contributed by atoms with Crippen molar-refractivity contribution in [3.05, 3.63) is 29.3 Å². The first kappa shape index (κ1) is 11.1. The van der Waals surface area contributed by atoms with Gasteiger partial charge in [0.05, 0.1) is 11.0 Å². The van der Waals surface area contributed by atoms with Gasteiger partial charge in [0.25, 0.3) is 0 Å². The number of aryl methyl sites for hydroxylation is 2. The summed E-state index contributed by atoms with van der Waals surface area (Å²) < 4.78 is 0. The number of nitrogens with one attached hydrogen (secondary N) is 1. The van der Waals surface area contributed by atoms with E-state index in [1.807, 2.05) is 13.0 Å². The summed E-state index contributed by atoms with van der Waals surface area (Å²) in [5.41, 5.74) is 9.13. The van der Waals surface area contributed by atoms with Gasteiger partial charge in [-0.2, -0.15) is 0 Å². The molecule has 1 atom stereocenters. The zero-order chi connectivity index (χ0) is 10.7. The number of rotatable bonds is 2. The summed E-state index contributed by atoms with van der Waals surface area (Å²) >= 11 is 5.14. The third kappa shape index (κ3) is 2.53. The number of anilines is 1. The van der Waals surface area contributed by atoms with E-state index in [1.54, 1.807) is 0 Å². The van der Waals surface area contributed by atoms with Gasteiger partial charge in [0.1, 0.15) is 0 Å². The Balaban J connectivity index is 2.91. The molecule has 0 amide bonds. The molecule has 0 aliphatic carbocycles. The molecule has 0 aliphatic heterocycles. The van der Waals surface area contributed by atoms with Crippen molar-refractivity contribution < 1.29 is 0 Å². The number of thiocarbonyl (C=S) groups is 1. The van der Waals surface area contributed by atoms with E-state index >= 15 is 0 Å². The molecule has 0 saturated carbocycles. The largest absolute Gasteiger partial charge is 0.348 e. The highest BCUT2D eigenvalue weighted by Gasteiger charge is 2.06. The van der Waals surface area contributed by atoms with Crippen LogP contribution in [-0.2, 0) is 0 Å². The van der Waals surface area contributed by atoms with Gasteiger partial charge in [-0.25, -0.2) is 0 Å². The average Bonchev–Trinajstić information content (AvgIpc) is 2.11. The maximum absolute atomic E-state index is 5.68. The second-order valence-corrected chi connectivity index (χ2v) is 3.98. The second-order valence-electron chi connectivity index (χ2n) is 3.54. The van der Waals surface area contributed by atoms with Crippen LogP contribution in [0.15, 0.2) is 18.2 Å². The Bertz CT molecular complexity index is 325. The molecule has 1 rings (SSSR count). The maximum Gasteiger partial charge on any atom is 0.0964 e. The van der Waals surface area contributed by atoms with Crippen LogP contribution in [0.2, 0.25) is 0 Å². The van der Waals surface area contributed by atoms with Gasteiger partial charge in [0.15, 0.2) is 0 Å². The van der Waals surface area contributed by atoms with E-state index in [2.05, 4.69) is 31.3 Å². The van der Waals surface area contributed by atoms with E-state index in [-0.39, 0.29) is 6.04 Å². The van der Waals surface area contributed by atoms with E-state index in [4.69, 9.17) is 18.0 Å². The minimum Gasteiger partial charge on any atom is -0.348 e. The molecule has 76 valence electrons. The molecule has 3 heteroatoms. The highest BCUT2D eigenvalue weighted by Crippen LogP contribution is 2.19. The number of hydrogen-bond donors (Lipinski definition) is 2. The van der Waals surface area contributed by atoms with Crippen molar-refractivity contribution in [2.45, 2.75) is 26.8 Å². The van der Waals surface area contributed by atoms with Gasteiger partial charge in [0.2, 0.25) is 0 Å². The molecule has 0 aromatic heterocycles. The van der Waals surface area contributed by atoms with E-state index in [0.717, 1.165) is 5.69 Å². The molecule has 3 N–H and O–H groups in total. The lowest BCUT2D eigenvalue weighted by Gasteiger charge is -2.15. The summed E-state index contributed by atoms with van der Waals surface area (Å²) in [6, 6.07) is 6.03. The van der Waals surface area contributed by atoms with Crippen LogP contribution in [-0.4, -0.2) is 11.0 Å². The molecule has 1 aromatic carbocycles. The molecule has 0 bridgehead atoms. The van der Waals surface area contributed by atoms with Gasteiger partial charge in [-0.1, -0.05) is 30.4 Å². The molecule has 2 nitrogen and oxygen atoms in total. The fourth-order valence-corrected chi connectivity index (χ4v) is 1.35. The summed E-state index contributed by atoms with van der Waals surface area (Å²) in [4.78, 5) is 0.683. The Hall–Kier alpha value is -0.930. The van der Waals surface area contributed by atoms with Crippen LogP contribution in [0.5, 0.6) is 0 Å². The number of para-hydroxylation sites is 1. The van der Waals surface area contributed by atoms with Crippen LogP contribution in [0.4, 0.5) is 5.69 Å². The van der Waals surface area contributed by atoms with Crippen LogP contribution in [0.3, 0.4) is 0 Å². The van der Waals surface area contributed by atoms with Gasteiger partial charge < -0.3 is 11.1 Å². The standard InChI is InChI=1S/C11H16N2S/c1-7-5-4-6-8(2)10(7)13-11(14)9(3)12/h4-6,9H,12H2,1-3H3,(H,13,14)/t9-/m1/s1. The van der Waals surface area contributed by atoms with Crippen LogP contribution >= 0.6 is 12.2 Å². The highest BCUT2D eigenvalue weighted by molar-refractivity contribution is 7.80. The zero-order valence-electron chi connectivity index (χ0n) is 8.79. The lowest BCUT2D eigenvalue weighted by atomic mass is 10.1. The van der Waals surface area contributed by atoms with Crippen molar-refractivity contribution in [3.63, 3.8) is 0 Å². The van der Waals surface area contributed by atoms with Crippen molar-refractivity contribution >= 4 is 22.9 Å². The Labute approximate surface area is 90.5 Å². The fourth-order valence-electron chi connectivity index (χ4n) is 1.25. The predicted octanol–water partition coefficient (Wildman–Crippen LogP) is 2.39. The molecule has 0 fully saturated rings. The van der Waals surface area contributed by atoms with E-state index in [9.17, 15) is 0 Å². The van der Waals surface area contributed by atoms with Crippen LogP contribution in [0, 0.1) is 13.8 Å². The summed E-state index contributed by atoms with van der Waals surface area (Å²) in [6.07, 6.45) is 0. The molecule has 14 heavy (non-hydrogen) atoms. The van der Waals surface area contributed by atoms with Crippen molar-refractivity contribution in [3.8, 4) is 0 Å².